The largest absolute Gasteiger partial charge is 0.495 e. The predicted molar refractivity (Wildman–Crippen MR) is 63.7 cm³/mol. The molecule has 0 saturated heterocycles. The van der Waals surface area contributed by atoms with E-state index < -0.39 is 11.4 Å². The monoisotopic (exact) mass is 235 g/mol. The van der Waals surface area contributed by atoms with Gasteiger partial charge in [-0.25, -0.2) is 9.59 Å². The Morgan fingerprint density at radius 2 is 2.06 bits per heavy atom. The van der Waals surface area contributed by atoms with Crippen LogP contribution >= 0.6 is 0 Å². The molecule has 0 bridgehead atoms. The third-order valence-corrected chi connectivity index (χ3v) is 2.75. The Kier molecular flexibility index (Phi) is 2.75. The Hall–Kier alpha value is -2.04. The molecule has 5 nitrogen and oxygen atoms in total. The van der Waals surface area contributed by atoms with Crippen LogP contribution in [0.5, 0.6) is 5.75 Å². The van der Waals surface area contributed by atoms with Crippen LogP contribution in [-0.4, -0.2) is 11.7 Å². The zero-order chi connectivity index (χ0) is 12.6. The molecule has 5 heteroatoms. The number of hydrogen-bond donors (Lipinski definition) is 0. The second kappa shape index (κ2) is 4.08. The summed E-state index contributed by atoms with van der Waals surface area (Å²) in [7, 11) is 1.49. The van der Waals surface area contributed by atoms with Gasteiger partial charge in [0.15, 0.2) is 0 Å². The Morgan fingerprint density at radius 3 is 2.65 bits per heavy atom. The number of aryl methyl sites for hydroxylation is 2. The molecule has 0 aliphatic carbocycles. The van der Waals surface area contributed by atoms with E-state index in [0.29, 0.717) is 23.2 Å². The molecule has 0 amide bonds. The van der Waals surface area contributed by atoms with Crippen LogP contribution in [0, 0.1) is 6.92 Å². The molecule has 0 atom stereocenters. The molecule has 0 aliphatic heterocycles. The maximum Gasteiger partial charge on any atom is 0.422 e. The summed E-state index contributed by atoms with van der Waals surface area (Å²) >= 11 is 0. The molecular formula is C12H13NO4. The Bertz CT molecular complexity index is 681. The first-order valence-electron chi connectivity index (χ1n) is 5.31. The molecule has 0 aliphatic rings. The van der Waals surface area contributed by atoms with Crippen LogP contribution in [0.1, 0.15) is 12.5 Å². The Morgan fingerprint density at radius 1 is 1.35 bits per heavy atom. The van der Waals surface area contributed by atoms with E-state index in [9.17, 15) is 9.59 Å². The van der Waals surface area contributed by atoms with Gasteiger partial charge < -0.3 is 9.15 Å². The molecule has 0 saturated carbocycles. The van der Waals surface area contributed by atoms with E-state index in [2.05, 4.69) is 4.42 Å². The maximum atomic E-state index is 11.7. The smallest absolute Gasteiger partial charge is 0.422 e. The summed E-state index contributed by atoms with van der Waals surface area (Å²) in [4.78, 5) is 23.3. The highest BCUT2D eigenvalue weighted by molar-refractivity contribution is 5.85. The van der Waals surface area contributed by atoms with Gasteiger partial charge in [0, 0.05) is 6.54 Å². The van der Waals surface area contributed by atoms with Crippen molar-refractivity contribution < 1.29 is 9.15 Å². The van der Waals surface area contributed by atoms with E-state index >= 15 is 0 Å². The van der Waals surface area contributed by atoms with Gasteiger partial charge >= 0.3 is 11.4 Å². The van der Waals surface area contributed by atoms with Crippen LogP contribution in [0.15, 0.2) is 26.1 Å². The van der Waals surface area contributed by atoms with Gasteiger partial charge in [-0.3, -0.25) is 4.57 Å². The summed E-state index contributed by atoms with van der Waals surface area (Å²) < 4.78 is 11.3. The van der Waals surface area contributed by atoms with Crippen molar-refractivity contribution in [2.24, 2.45) is 0 Å². The summed E-state index contributed by atoms with van der Waals surface area (Å²) in [6, 6.07) is 3.54. The molecule has 0 spiro atoms. The fourth-order valence-corrected chi connectivity index (χ4v) is 1.94. The van der Waals surface area contributed by atoms with E-state index in [1.807, 2.05) is 19.9 Å². The second-order valence-electron chi connectivity index (χ2n) is 3.71. The first kappa shape index (κ1) is 11.4. The molecule has 0 N–H and O–H groups in total. The molecule has 17 heavy (non-hydrogen) atoms. The van der Waals surface area contributed by atoms with Crippen LogP contribution in [0.2, 0.25) is 0 Å². The van der Waals surface area contributed by atoms with Crippen molar-refractivity contribution in [1.29, 1.82) is 0 Å². The number of fused-ring (bicyclic) bond motifs is 1. The van der Waals surface area contributed by atoms with Crippen molar-refractivity contribution in [2.45, 2.75) is 20.4 Å². The molecule has 1 aromatic carbocycles. The quantitative estimate of drug-likeness (QED) is 0.787. The standard InChI is InChI=1S/C12H13NO4/c1-4-13-8-6-5-7(2)10(16-3)9(8)11(14)17-12(13)15/h5-6H,4H2,1-3H3. The van der Waals surface area contributed by atoms with E-state index in [0.717, 1.165) is 5.56 Å². The van der Waals surface area contributed by atoms with Crippen molar-refractivity contribution in [3.05, 3.63) is 38.7 Å². The number of nitrogens with zero attached hydrogens (tertiary/aromatic N) is 1. The van der Waals surface area contributed by atoms with Crippen molar-refractivity contribution >= 4 is 10.9 Å². The predicted octanol–water partition coefficient (Wildman–Crippen LogP) is 1.29. The molecule has 2 rings (SSSR count). The van der Waals surface area contributed by atoms with E-state index in [4.69, 9.17) is 4.74 Å². The van der Waals surface area contributed by atoms with Gasteiger partial charge in [0.2, 0.25) is 0 Å². The van der Waals surface area contributed by atoms with Gasteiger partial charge in [-0.05, 0) is 25.5 Å². The van der Waals surface area contributed by atoms with Crippen LogP contribution in [0.3, 0.4) is 0 Å². The SMILES string of the molecule is CCn1c(=O)oc(=O)c2c(OC)c(C)ccc21. The van der Waals surface area contributed by atoms with Crippen LogP contribution in [0.4, 0.5) is 0 Å². The fourth-order valence-electron chi connectivity index (χ4n) is 1.94. The lowest BCUT2D eigenvalue weighted by atomic mass is 10.1. The first-order valence-corrected chi connectivity index (χ1v) is 5.31. The molecule has 1 aromatic heterocycles. The highest BCUT2D eigenvalue weighted by Crippen LogP contribution is 2.25. The minimum atomic E-state index is -0.657. The highest BCUT2D eigenvalue weighted by Gasteiger charge is 2.14. The second-order valence-corrected chi connectivity index (χ2v) is 3.71. The number of benzene rings is 1. The third-order valence-electron chi connectivity index (χ3n) is 2.75. The summed E-state index contributed by atoms with van der Waals surface area (Å²) in [5.41, 5.74) is 0.708. The van der Waals surface area contributed by atoms with Crippen molar-refractivity contribution in [1.82, 2.24) is 4.57 Å². The number of rotatable bonds is 2. The summed E-state index contributed by atoms with van der Waals surface area (Å²) in [6.45, 7) is 4.08. The third kappa shape index (κ3) is 1.63. The molecular weight excluding hydrogens is 222 g/mol. The van der Waals surface area contributed by atoms with Gasteiger partial charge in [-0.2, -0.15) is 0 Å². The summed E-state index contributed by atoms with van der Waals surface area (Å²) in [6.07, 6.45) is 0. The number of hydrogen-bond acceptors (Lipinski definition) is 4. The van der Waals surface area contributed by atoms with Gasteiger partial charge in [0.25, 0.3) is 0 Å². The van der Waals surface area contributed by atoms with Crippen LogP contribution in [-0.2, 0) is 6.54 Å². The highest BCUT2D eigenvalue weighted by atomic mass is 16.5. The molecule has 90 valence electrons. The van der Waals surface area contributed by atoms with E-state index in [1.54, 1.807) is 6.07 Å². The van der Waals surface area contributed by atoms with Gasteiger partial charge in [-0.1, -0.05) is 6.07 Å². The Labute approximate surface area is 97.2 Å². The topological polar surface area (TPSA) is 61.4 Å². The van der Waals surface area contributed by atoms with Crippen LogP contribution < -0.4 is 16.1 Å². The van der Waals surface area contributed by atoms with Crippen molar-refractivity contribution in [2.75, 3.05) is 7.11 Å². The summed E-state index contributed by atoms with van der Waals surface area (Å²) in [5, 5.41) is 0.314. The minimum Gasteiger partial charge on any atom is -0.495 e. The van der Waals surface area contributed by atoms with Gasteiger partial charge in [0.05, 0.1) is 12.6 Å². The molecule has 1 heterocycles. The van der Waals surface area contributed by atoms with E-state index in [1.165, 1.54) is 11.7 Å². The first-order chi connectivity index (χ1) is 8.10. The zero-order valence-electron chi connectivity index (χ0n) is 9.94. The lowest BCUT2D eigenvalue weighted by Gasteiger charge is -2.10. The van der Waals surface area contributed by atoms with Gasteiger partial charge in [-0.15, -0.1) is 0 Å². The molecule has 2 aromatic rings. The summed E-state index contributed by atoms with van der Waals surface area (Å²) in [5.74, 6) is -0.186. The number of aromatic nitrogens is 1. The molecule has 0 unspecified atom stereocenters. The van der Waals surface area contributed by atoms with Crippen molar-refractivity contribution in [3.8, 4) is 5.75 Å². The number of ether oxygens (including phenoxy) is 1. The van der Waals surface area contributed by atoms with Crippen LogP contribution in [0.25, 0.3) is 10.9 Å². The number of methoxy groups -OCH3 is 1. The normalized spacial score (nSPS) is 10.8. The van der Waals surface area contributed by atoms with E-state index in [-0.39, 0.29) is 0 Å². The van der Waals surface area contributed by atoms with Crippen molar-refractivity contribution in [3.63, 3.8) is 0 Å². The Balaban J connectivity index is 3.08. The molecule has 0 radical (unpaired) electrons. The maximum absolute atomic E-state index is 11.7. The minimum absolute atomic E-state index is 0.314. The lowest BCUT2D eigenvalue weighted by molar-refractivity contribution is 0.401. The molecule has 0 fully saturated rings. The average Bonchev–Trinajstić information content (AvgIpc) is 2.30. The van der Waals surface area contributed by atoms with Gasteiger partial charge in [0.1, 0.15) is 11.1 Å². The lowest BCUT2D eigenvalue weighted by Crippen LogP contribution is -2.24. The average molecular weight is 235 g/mol. The zero-order valence-corrected chi connectivity index (χ0v) is 9.94. The fraction of sp³-hybridized carbons (Fsp3) is 0.333.